The molecule has 0 saturated carbocycles. The third-order valence-corrected chi connectivity index (χ3v) is 8.21. The second kappa shape index (κ2) is 6.96. The van der Waals surface area contributed by atoms with Crippen LogP contribution in [0.2, 0.25) is 0 Å². The molecule has 21 heavy (non-hydrogen) atoms. The number of carbonyl (C=O) groups is 2. The quantitative estimate of drug-likeness (QED) is 0.555. The molecule has 0 aliphatic rings. The van der Waals surface area contributed by atoms with Crippen molar-refractivity contribution >= 4 is 52.7 Å². The molecule has 0 atom stereocenters. The molecule has 110 valence electrons. The zero-order valence-electron chi connectivity index (χ0n) is 10.6. The van der Waals surface area contributed by atoms with E-state index in [4.69, 9.17) is 29.0 Å². The molecule has 0 bridgehead atoms. The molecular weight excluding hydrogens is 382 g/mol. The van der Waals surface area contributed by atoms with E-state index in [0.717, 1.165) is 12.2 Å². The van der Waals surface area contributed by atoms with Crippen LogP contribution in [0.5, 0.6) is 0 Å². The molecule has 0 N–H and O–H groups in total. The molecule has 4 nitrogen and oxygen atoms in total. The van der Waals surface area contributed by atoms with E-state index in [-0.39, 0.29) is 0 Å². The molecule has 0 radical (unpaired) electrons. The van der Waals surface area contributed by atoms with Gasteiger partial charge in [-0.25, -0.2) is 0 Å². The second-order valence-corrected chi connectivity index (χ2v) is 13.1. The number of allylic oxidation sites excluding steroid dienone is 2. The first-order valence-electron chi connectivity index (χ1n) is 5.74. The van der Waals surface area contributed by atoms with Gasteiger partial charge in [0.05, 0.1) is 0 Å². The van der Waals surface area contributed by atoms with Crippen LogP contribution in [0.25, 0.3) is 12.2 Å². The minimum absolute atomic E-state index is 0.475. The summed E-state index contributed by atoms with van der Waals surface area (Å²) in [6.07, 6.45) is 8.10. The van der Waals surface area contributed by atoms with Crippen LogP contribution in [-0.4, -0.2) is 20.4 Å². The Morgan fingerprint density at radius 2 is 1.33 bits per heavy atom. The van der Waals surface area contributed by atoms with E-state index in [0.29, 0.717) is 11.5 Å². The summed E-state index contributed by atoms with van der Waals surface area (Å²) < 4.78 is 8.87. The number of hydrogen-bond donors (Lipinski definition) is 0. The van der Waals surface area contributed by atoms with Gasteiger partial charge >= 0.3 is 132 Å². The predicted octanol–water partition coefficient (Wildman–Crippen LogP) is 3.74. The fraction of sp³-hybridized carbons (Fsp3) is 0. The van der Waals surface area contributed by atoms with Gasteiger partial charge in [0.15, 0.2) is 0 Å². The Hall–Kier alpha value is -1.52. The fourth-order valence-corrected chi connectivity index (χ4v) is 3.83. The predicted molar refractivity (Wildman–Crippen MR) is 83.0 cm³/mol. The fourth-order valence-electron chi connectivity index (χ4n) is 1.34. The van der Waals surface area contributed by atoms with E-state index >= 15 is 0 Å². The van der Waals surface area contributed by atoms with Gasteiger partial charge in [0.2, 0.25) is 0 Å². The van der Waals surface area contributed by atoms with Crippen molar-refractivity contribution in [3.05, 3.63) is 60.5 Å². The second-order valence-electron chi connectivity index (χ2n) is 3.80. The van der Waals surface area contributed by atoms with Gasteiger partial charge in [-0.3, -0.25) is 0 Å². The van der Waals surface area contributed by atoms with Crippen LogP contribution in [0.3, 0.4) is 0 Å². The van der Waals surface area contributed by atoms with Crippen molar-refractivity contribution in [2.75, 3.05) is 0 Å². The molecule has 0 unspecified atom stereocenters. The molecule has 2 aromatic rings. The van der Waals surface area contributed by atoms with Gasteiger partial charge in [-0.15, -0.1) is 0 Å². The molecule has 2 aromatic heterocycles. The van der Waals surface area contributed by atoms with E-state index < -0.39 is 20.4 Å². The molecule has 0 saturated heterocycles. The van der Waals surface area contributed by atoms with Crippen LogP contribution >= 0.6 is 20.2 Å². The summed E-state index contributed by atoms with van der Waals surface area (Å²) in [5.41, 5.74) is 0. The Morgan fingerprint density at radius 1 is 0.905 bits per heavy atom. The van der Waals surface area contributed by atoms with E-state index in [1.54, 1.807) is 24.3 Å². The Kier molecular flexibility index (Phi) is 5.26. The molecule has 0 amide bonds. The first kappa shape index (κ1) is 15.9. The Labute approximate surface area is 131 Å². The van der Waals surface area contributed by atoms with Gasteiger partial charge in [0.25, 0.3) is 0 Å². The van der Waals surface area contributed by atoms with Crippen LogP contribution in [0.15, 0.2) is 57.8 Å². The third kappa shape index (κ3) is 4.22. The summed E-state index contributed by atoms with van der Waals surface area (Å²) in [5, 5.41) is 0. The summed E-state index contributed by atoms with van der Waals surface area (Å²) in [7, 11) is 12.0. The normalized spacial score (nSPS) is 13.0. The maximum atomic E-state index is 12.0. The third-order valence-electron chi connectivity index (χ3n) is 2.36. The SMILES string of the molecule is O=C(/C=C/c1ccco1)[Se](Cl)(Cl)C(=O)/C=C/c1ccco1. The van der Waals surface area contributed by atoms with Gasteiger partial charge < -0.3 is 0 Å². The average molecular weight is 392 g/mol. The number of carbonyl (C=O) groups excluding carboxylic acids is 2. The van der Waals surface area contributed by atoms with E-state index in [9.17, 15) is 9.59 Å². The van der Waals surface area contributed by atoms with E-state index in [1.807, 2.05) is 0 Å². The summed E-state index contributed by atoms with van der Waals surface area (Å²) in [4.78, 5) is 23.9. The van der Waals surface area contributed by atoms with Gasteiger partial charge in [0, 0.05) is 0 Å². The van der Waals surface area contributed by atoms with Crippen LogP contribution < -0.4 is 0 Å². The Morgan fingerprint density at radius 3 is 1.67 bits per heavy atom. The van der Waals surface area contributed by atoms with Crippen LogP contribution in [0, 0.1) is 0 Å². The summed E-state index contributed by atoms with van der Waals surface area (Å²) in [6, 6.07) is 6.68. The van der Waals surface area contributed by atoms with Crippen molar-refractivity contribution in [1.29, 1.82) is 0 Å². The molecule has 2 rings (SSSR count). The van der Waals surface area contributed by atoms with Gasteiger partial charge in [0.1, 0.15) is 0 Å². The summed E-state index contributed by atoms with van der Waals surface area (Å²) in [6.45, 7) is 0. The summed E-state index contributed by atoms with van der Waals surface area (Å²) in [5.74, 6) is 0.950. The molecule has 0 fully saturated rings. The van der Waals surface area contributed by atoms with Gasteiger partial charge in [-0.05, 0) is 0 Å². The monoisotopic (exact) mass is 392 g/mol. The van der Waals surface area contributed by atoms with E-state index in [1.165, 1.54) is 24.7 Å². The molecule has 0 spiro atoms. The first-order valence-corrected chi connectivity index (χ1v) is 12.0. The number of halogens is 2. The van der Waals surface area contributed by atoms with Crippen molar-refractivity contribution < 1.29 is 18.4 Å². The average Bonchev–Trinajstić information content (AvgIpc) is 3.14. The molecule has 7 heteroatoms. The molecule has 2 heterocycles. The molecule has 0 aliphatic heterocycles. The molecular formula is C14H10Cl2O4Se. The number of hydrogen-bond acceptors (Lipinski definition) is 4. The van der Waals surface area contributed by atoms with Crippen molar-refractivity contribution in [2.24, 2.45) is 0 Å². The van der Waals surface area contributed by atoms with Crippen molar-refractivity contribution in [3.63, 3.8) is 0 Å². The zero-order valence-corrected chi connectivity index (χ0v) is 13.8. The zero-order chi connectivity index (χ0) is 15.3. The van der Waals surface area contributed by atoms with Crippen LogP contribution in [0.4, 0.5) is 0 Å². The molecule has 0 aliphatic carbocycles. The topological polar surface area (TPSA) is 60.4 Å². The minimum atomic E-state index is -3.96. The van der Waals surface area contributed by atoms with Crippen LogP contribution in [0.1, 0.15) is 11.5 Å². The van der Waals surface area contributed by atoms with Crippen LogP contribution in [-0.2, 0) is 9.59 Å². The van der Waals surface area contributed by atoms with Crippen molar-refractivity contribution in [2.45, 2.75) is 0 Å². The summed E-state index contributed by atoms with van der Waals surface area (Å²) >= 11 is -3.96. The standard InChI is InChI=1S/C14H10Cl2O4Se/c15-21(16,13(17)7-5-11-3-1-9-19-11)14(18)8-6-12-4-2-10-20-12/h1-10H/b7-5+,8-6+. The Balaban J connectivity index is 2.05. The number of furan rings is 2. The van der Waals surface area contributed by atoms with Crippen molar-refractivity contribution in [1.82, 2.24) is 0 Å². The maximum absolute atomic E-state index is 12.0. The Bertz CT molecular complexity index is 612. The first-order chi connectivity index (χ1) is 10.00. The number of rotatable bonds is 6. The van der Waals surface area contributed by atoms with Gasteiger partial charge in [-0.1, -0.05) is 0 Å². The molecule has 0 aromatic carbocycles. The van der Waals surface area contributed by atoms with E-state index in [2.05, 4.69) is 0 Å². The van der Waals surface area contributed by atoms with Crippen molar-refractivity contribution in [3.8, 4) is 0 Å². The van der Waals surface area contributed by atoms with Gasteiger partial charge in [-0.2, -0.15) is 0 Å².